The van der Waals surface area contributed by atoms with Gasteiger partial charge in [-0.1, -0.05) is 196 Å². The molecule has 1 atom stereocenters. The minimum Gasteiger partial charge on any atom is -0.416 e. The van der Waals surface area contributed by atoms with E-state index in [9.17, 15) is 0 Å². The second-order valence-corrected chi connectivity index (χ2v) is 22.9. The van der Waals surface area contributed by atoms with Crippen molar-refractivity contribution in [1.82, 2.24) is 0 Å². The summed E-state index contributed by atoms with van der Waals surface area (Å²) in [5.74, 6) is 0. The van der Waals surface area contributed by atoms with Gasteiger partial charge >= 0.3 is 0 Å². The van der Waals surface area contributed by atoms with Gasteiger partial charge in [0.2, 0.25) is 0 Å². The van der Waals surface area contributed by atoms with E-state index >= 15 is 0 Å². The van der Waals surface area contributed by atoms with Gasteiger partial charge in [-0.15, -0.1) is 7.92 Å². The van der Waals surface area contributed by atoms with E-state index in [1.54, 1.807) is 0 Å². The molecule has 0 aliphatic rings. The molecular formula is C39H74BrOPSi. The molecule has 0 saturated carbocycles. The van der Waals surface area contributed by atoms with E-state index < -0.39 is 8.32 Å². The molecule has 0 aromatic heterocycles. The van der Waals surface area contributed by atoms with Crippen molar-refractivity contribution in [2.45, 2.75) is 186 Å². The number of halogens is 1. The molecule has 1 rings (SSSR count). The van der Waals surface area contributed by atoms with Gasteiger partial charge in [-0.3, -0.25) is 0 Å². The molecule has 43 heavy (non-hydrogen) atoms. The summed E-state index contributed by atoms with van der Waals surface area (Å²) in [6.07, 6.45) is 33.0. The van der Waals surface area contributed by atoms with E-state index in [0.29, 0.717) is 5.04 Å². The Balaban J connectivity index is 1.81. The highest BCUT2D eigenvalue weighted by molar-refractivity contribution is 9.09. The summed E-state index contributed by atoms with van der Waals surface area (Å²) >= 11 is 3.69. The highest BCUT2D eigenvalue weighted by Crippen LogP contribution is 2.42. The molecule has 0 amide bonds. The molecule has 0 radical (unpaired) electrons. The van der Waals surface area contributed by atoms with Crippen LogP contribution in [0.25, 0.3) is 0 Å². The fraction of sp³-hybridized carbons (Fsp3) is 0.846. The van der Waals surface area contributed by atoms with Crippen molar-refractivity contribution in [1.29, 1.82) is 0 Å². The second-order valence-electron chi connectivity index (χ2n) is 14.3. The summed E-state index contributed by atoms with van der Waals surface area (Å²) in [5.41, 5.74) is 1.54. The van der Waals surface area contributed by atoms with Crippen molar-refractivity contribution in [2.24, 2.45) is 0 Å². The predicted octanol–water partition coefficient (Wildman–Crippen LogP) is 14.7. The third-order valence-electron chi connectivity index (χ3n) is 9.91. The molecule has 0 N–H and O–H groups in total. The van der Waals surface area contributed by atoms with E-state index in [4.69, 9.17) is 4.43 Å². The van der Waals surface area contributed by atoms with Gasteiger partial charge < -0.3 is 4.43 Å². The van der Waals surface area contributed by atoms with Crippen molar-refractivity contribution >= 4 is 32.2 Å². The van der Waals surface area contributed by atoms with Gasteiger partial charge in [-0.2, -0.15) is 0 Å². The molecule has 4 heteroatoms. The molecule has 252 valence electrons. The Morgan fingerprint density at radius 3 is 1.35 bits per heavy atom. The topological polar surface area (TPSA) is 9.23 Å². The van der Waals surface area contributed by atoms with Crippen molar-refractivity contribution in [3.8, 4) is 0 Å². The summed E-state index contributed by atoms with van der Waals surface area (Å²) in [5, 5.41) is 1.53. The first kappa shape index (κ1) is 41.3. The fourth-order valence-electron chi connectivity index (χ4n) is 6.85. The monoisotopic (exact) mass is 696 g/mol. The first-order valence-electron chi connectivity index (χ1n) is 18.8. The van der Waals surface area contributed by atoms with Crippen molar-refractivity contribution < 1.29 is 4.43 Å². The Bertz CT molecular complexity index is 718. The van der Waals surface area contributed by atoms with Crippen LogP contribution in [0.15, 0.2) is 30.3 Å². The zero-order chi connectivity index (χ0) is 31.5. The minimum absolute atomic E-state index is 0.160. The lowest BCUT2D eigenvalue weighted by Gasteiger charge is -2.41. The number of rotatable bonds is 30. The van der Waals surface area contributed by atoms with Crippen LogP contribution in [0.3, 0.4) is 0 Å². The maximum Gasteiger partial charge on any atom is 0.197 e. The van der Waals surface area contributed by atoms with Crippen LogP contribution in [0.5, 0.6) is 0 Å². The Kier molecular flexibility index (Phi) is 26.4. The number of hydrogen-bond acceptors (Lipinski definition) is 1. The van der Waals surface area contributed by atoms with Gasteiger partial charge in [0, 0.05) is 11.9 Å². The predicted molar refractivity (Wildman–Crippen MR) is 205 cm³/mol. The first-order chi connectivity index (χ1) is 20.9. The third-order valence-corrected chi connectivity index (χ3v) is 19.3. The van der Waals surface area contributed by atoms with Crippen LogP contribution in [0.4, 0.5) is 0 Å². The molecule has 1 aromatic carbocycles. The van der Waals surface area contributed by atoms with E-state index in [2.05, 4.69) is 80.9 Å². The lowest BCUT2D eigenvalue weighted by molar-refractivity contribution is 0.268. The summed E-state index contributed by atoms with van der Waals surface area (Å²) in [6.45, 7) is 12.9. The Labute approximate surface area is 281 Å². The fourth-order valence-corrected chi connectivity index (χ4v) is 14.5. The van der Waals surface area contributed by atoms with Crippen LogP contribution in [-0.2, 0) is 10.6 Å². The van der Waals surface area contributed by atoms with Gasteiger partial charge in [0.05, 0.1) is 0 Å². The molecule has 1 nitrogen and oxygen atoms in total. The minimum atomic E-state index is -1.58. The van der Waals surface area contributed by atoms with Gasteiger partial charge in [-0.05, 0) is 54.0 Å². The standard InChI is InChI=1S/C39H74BrOPSi/c1-6-43(7-2,39(3,4)5)41-34-29-24-22-20-18-16-14-12-10-8-9-11-13-15-17-19-21-23-25-30-35-42(36-33-40)37-38-31-27-26-28-32-38/h26-28,31-32H,6-25,29-30,33-37H2,1-5H3. The van der Waals surface area contributed by atoms with Crippen LogP contribution in [0.2, 0.25) is 17.1 Å². The summed E-state index contributed by atoms with van der Waals surface area (Å²) in [7, 11) is -1.42. The molecule has 1 unspecified atom stereocenters. The number of hydrogen-bond donors (Lipinski definition) is 0. The average Bonchev–Trinajstić information content (AvgIpc) is 2.99. The molecule has 1 aromatic rings. The maximum atomic E-state index is 6.60. The van der Waals surface area contributed by atoms with Crippen LogP contribution in [0.1, 0.15) is 169 Å². The van der Waals surface area contributed by atoms with Crippen molar-refractivity contribution in [2.75, 3.05) is 24.3 Å². The largest absolute Gasteiger partial charge is 0.416 e. The number of benzene rings is 1. The van der Waals surface area contributed by atoms with Gasteiger partial charge in [-0.25, -0.2) is 0 Å². The lowest BCUT2D eigenvalue weighted by Crippen LogP contribution is -2.46. The third kappa shape index (κ3) is 20.9. The van der Waals surface area contributed by atoms with Crippen LogP contribution in [0, 0.1) is 0 Å². The molecule has 0 fully saturated rings. The molecule has 0 aliphatic carbocycles. The zero-order valence-corrected chi connectivity index (χ0v) is 33.2. The lowest BCUT2D eigenvalue weighted by atomic mass is 10.0. The molecule has 0 saturated heterocycles. The van der Waals surface area contributed by atoms with Gasteiger partial charge in [0.1, 0.15) is 0 Å². The average molecular weight is 698 g/mol. The molecule has 0 aliphatic heterocycles. The molecular weight excluding hydrogens is 623 g/mol. The van der Waals surface area contributed by atoms with Crippen LogP contribution >= 0.6 is 23.9 Å². The van der Waals surface area contributed by atoms with Crippen LogP contribution < -0.4 is 0 Å². The maximum absolute atomic E-state index is 6.60. The highest BCUT2D eigenvalue weighted by Gasteiger charge is 2.43. The smallest absolute Gasteiger partial charge is 0.197 e. The SMILES string of the molecule is CC[Si](CC)(OCCCCCCCCCCCCCCCCCCCCCCP(CCBr)Cc1ccccc1)C(C)(C)C. The Hall–Kier alpha value is 0.307. The zero-order valence-electron chi connectivity index (χ0n) is 29.7. The Morgan fingerprint density at radius 1 is 0.581 bits per heavy atom. The second kappa shape index (κ2) is 27.4. The van der Waals surface area contributed by atoms with Crippen molar-refractivity contribution in [3.63, 3.8) is 0 Å². The number of alkyl halides is 1. The van der Waals surface area contributed by atoms with Gasteiger partial charge in [0.25, 0.3) is 0 Å². The Morgan fingerprint density at radius 2 is 0.977 bits per heavy atom. The summed E-state index contributed by atoms with van der Waals surface area (Å²) < 4.78 is 6.60. The van der Waals surface area contributed by atoms with E-state index in [1.165, 1.54) is 170 Å². The van der Waals surface area contributed by atoms with E-state index in [1.807, 2.05) is 0 Å². The van der Waals surface area contributed by atoms with E-state index in [0.717, 1.165) is 6.61 Å². The highest BCUT2D eigenvalue weighted by atomic mass is 79.9. The van der Waals surface area contributed by atoms with Crippen LogP contribution in [-0.4, -0.2) is 32.6 Å². The first-order valence-corrected chi connectivity index (χ1v) is 24.2. The number of unbranched alkanes of at least 4 members (excludes halogenated alkanes) is 19. The van der Waals surface area contributed by atoms with Gasteiger partial charge in [0.15, 0.2) is 8.32 Å². The van der Waals surface area contributed by atoms with Crippen molar-refractivity contribution in [3.05, 3.63) is 35.9 Å². The van der Waals surface area contributed by atoms with E-state index in [-0.39, 0.29) is 7.92 Å². The normalized spacial score (nSPS) is 13.1. The molecule has 0 spiro atoms. The quantitative estimate of drug-likeness (QED) is 0.0337. The summed E-state index contributed by atoms with van der Waals surface area (Å²) in [6, 6.07) is 13.6. The summed E-state index contributed by atoms with van der Waals surface area (Å²) in [4.78, 5) is 0. The molecule has 0 heterocycles. The molecule has 0 bridgehead atoms.